The van der Waals surface area contributed by atoms with E-state index in [1.807, 2.05) is 18.2 Å². The van der Waals surface area contributed by atoms with Gasteiger partial charge in [0.05, 0.1) is 12.1 Å². The van der Waals surface area contributed by atoms with Gasteiger partial charge in [-0.25, -0.2) is 19.6 Å². The summed E-state index contributed by atoms with van der Waals surface area (Å²) in [6.45, 7) is 1.30. The Kier molecular flexibility index (Phi) is 4.85. The summed E-state index contributed by atoms with van der Waals surface area (Å²) in [7, 11) is 0. The molecule has 8 heteroatoms. The number of carbonyl (C=O) groups excluding carboxylic acids is 1. The molecule has 1 aliphatic carbocycles. The first-order valence-electron chi connectivity index (χ1n) is 9.39. The number of nitrogens with one attached hydrogen (secondary N) is 1. The second-order valence-corrected chi connectivity index (χ2v) is 7.39. The van der Waals surface area contributed by atoms with E-state index >= 15 is 0 Å². The fraction of sp³-hybridized carbons (Fsp3) is 0.400. The Hall–Kier alpha value is -3.16. The number of carboxylic acid groups (broad SMARTS) is 1. The molecule has 28 heavy (non-hydrogen) atoms. The Balaban J connectivity index is 1.30. The molecule has 0 atom stereocenters. The number of carboxylic acids is 1. The second kappa shape index (κ2) is 7.46. The lowest BCUT2D eigenvalue weighted by molar-refractivity contribution is 0.0148. The third kappa shape index (κ3) is 3.76. The zero-order valence-electron chi connectivity index (χ0n) is 15.4. The van der Waals surface area contributed by atoms with Gasteiger partial charge in [-0.1, -0.05) is 6.07 Å². The van der Waals surface area contributed by atoms with Crippen molar-refractivity contribution in [1.82, 2.24) is 9.97 Å². The van der Waals surface area contributed by atoms with E-state index < -0.39 is 11.6 Å². The number of anilines is 2. The lowest BCUT2D eigenvalue weighted by atomic mass is 9.78. The van der Waals surface area contributed by atoms with E-state index in [0.717, 1.165) is 32.2 Å². The third-order valence-electron chi connectivity index (χ3n) is 5.49. The molecule has 146 valence electrons. The summed E-state index contributed by atoms with van der Waals surface area (Å²) in [4.78, 5) is 33.2. The van der Waals surface area contributed by atoms with E-state index in [0.29, 0.717) is 24.1 Å². The van der Waals surface area contributed by atoms with E-state index in [2.05, 4.69) is 15.3 Å². The van der Waals surface area contributed by atoms with Gasteiger partial charge in [-0.15, -0.1) is 0 Å². The molecule has 1 spiro atoms. The minimum atomic E-state index is -0.984. The number of hydrogen-bond acceptors (Lipinski definition) is 6. The number of aromatic nitrogens is 2. The van der Waals surface area contributed by atoms with Gasteiger partial charge in [0.1, 0.15) is 17.2 Å². The first kappa shape index (κ1) is 18.2. The Morgan fingerprint density at radius 1 is 1.25 bits per heavy atom. The van der Waals surface area contributed by atoms with Crippen LogP contribution in [0.5, 0.6) is 0 Å². The number of rotatable bonds is 5. The predicted molar refractivity (Wildman–Crippen MR) is 102 cm³/mol. The van der Waals surface area contributed by atoms with Crippen LogP contribution in [0, 0.1) is 5.92 Å². The molecule has 2 aromatic rings. The maximum absolute atomic E-state index is 12.3. The van der Waals surface area contributed by atoms with Crippen molar-refractivity contribution < 1.29 is 19.4 Å². The van der Waals surface area contributed by atoms with E-state index in [9.17, 15) is 9.59 Å². The highest BCUT2D eigenvalue weighted by Crippen LogP contribution is 2.40. The summed E-state index contributed by atoms with van der Waals surface area (Å²) in [6, 6.07) is 8.72. The average molecular weight is 382 g/mol. The summed E-state index contributed by atoms with van der Waals surface area (Å²) in [5.41, 5.74) is -0.252. The molecule has 2 N–H and O–H groups in total. The normalized spacial score (nSPS) is 24.2. The van der Waals surface area contributed by atoms with Gasteiger partial charge in [-0.3, -0.25) is 4.90 Å². The van der Waals surface area contributed by atoms with E-state index in [4.69, 9.17) is 9.84 Å². The van der Waals surface area contributed by atoms with Crippen molar-refractivity contribution in [3.63, 3.8) is 0 Å². The van der Waals surface area contributed by atoms with Crippen molar-refractivity contribution in [3.8, 4) is 0 Å². The largest absolute Gasteiger partial charge is 0.478 e. The van der Waals surface area contributed by atoms with Crippen LogP contribution in [-0.4, -0.2) is 45.8 Å². The van der Waals surface area contributed by atoms with Crippen molar-refractivity contribution >= 4 is 23.7 Å². The number of ether oxygens (including phenoxy) is 1. The molecule has 4 rings (SSSR count). The number of nitrogens with zero attached hydrogens (tertiary/aromatic N) is 3. The highest BCUT2D eigenvalue weighted by atomic mass is 16.6. The highest BCUT2D eigenvalue weighted by Gasteiger charge is 2.47. The first-order chi connectivity index (χ1) is 13.5. The summed E-state index contributed by atoms with van der Waals surface area (Å²) in [5.74, 6) is 0.764. The van der Waals surface area contributed by atoms with Gasteiger partial charge in [0.25, 0.3) is 0 Å². The molecule has 8 nitrogen and oxygen atoms in total. The first-order valence-corrected chi connectivity index (χ1v) is 9.39. The fourth-order valence-electron chi connectivity index (χ4n) is 3.86. The molecular weight excluding hydrogens is 360 g/mol. The zero-order chi connectivity index (χ0) is 19.6. The number of hydrogen-bond donors (Lipinski definition) is 2. The molecule has 1 aliphatic heterocycles. The van der Waals surface area contributed by atoms with Crippen LogP contribution in [0.1, 0.15) is 36.0 Å². The number of amides is 1. The standard InChI is InChI=1S/C20H22N4O4/c25-18(26)15-4-5-16(23-12-15)22-11-14-6-8-20(9-7-14)13-24(19(27)28-20)17-3-1-2-10-21-17/h1-5,10,12,14H,6-9,11,13H2,(H,22,23)(H,25,26)/t14-,20-. The van der Waals surface area contributed by atoms with Gasteiger partial charge in [0, 0.05) is 18.9 Å². The molecule has 0 bridgehead atoms. The average Bonchev–Trinajstić information content (AvgIpc) is 3.04. The smallest absolute Gasteiger partial charge is 0.416 e. The maximum atomic E-state index is 12.3. The Labute approximate surface area is 162 Å². The quantitative estimate of drug-likeness (QED) is 0.818. The van der Waals surface area contributed by atoms with Crippen molar-refractivity contribution in [1.29, 1.82) is 0 Å². The minimum absolute atomic E-state index is 0.172. The SMILES string of the molecule is O=C(O)c1ccc(NC[C@H]2CC[C@]3(CC2)CN(c2ccccn2)C(=O)O3)nc1. The molecule has 2 aromatic heterocycles. The van der Waals surface area contributed by atoms with Gasteiger partial charge >= 0.3 is 12.1 Å². The molecular formula is C20H22N4O4. The predicted octanol–water partition coefficient (Wildman–Crippen LogP) is 3.17. The molecule has 1 saturated carbocycles. The molecule has 0 radical (unpaired) electrons. The molecule has 2 fully saturated rings. The lowest BCUT2D eigenvalue weighted by Gasteiger charge is -2.35. The van der Waals surface area contributed by atoms with Crippen LogP contribution in [-0.2, 0) is 4.74 Å². The Morgan fingerprint density at radius 2 is 2.07 bits per heavy atom. The van der Waals surface area contributed by atoms with Crippen molar-refractivity contribution in [2.75, 3.05) is 23.3 Å². The monoisotopic (exact) mass is 382 g/mol. The number of pyridine rings is 2. The van der Waals surface area contributed by atoms with Crippen LogP contribution >= 0.6 is 0 Å². The van der Waals surface area contributed by atoms with Crippen LogP contribution in [0.4, 0.5) is 16.4 Å². The third-order valence-corrected chi connectivity index (χ3v) is 5.49. The summed E-state index contributed by atoms with van der Waals surface area (Å²) in [5, 5.41) is 12.2. The van der Waals surface area contributed by atoms with Gasteiger partial charge < -0.3 is 15.2 Å². The van der Waals surface area contributed by atoms with Crippen LogP contribution in [0.15, 0.2) is 42.7 Å². The van der Waals surface area contributed by atoms with E-state index in [1.165, 1.54) is 12.3 Å². The van der Waals surface area contributed by atoms with Crippen LogP contribution in [0.3, 0.4) is 0 Å². The zero-order valence-corrected chi connectivity index (χ0v) is 15.4. The van der Waals surface area contributed by atoms with Gasteiger partial charge in [-0.2, -0.15) is 0 Å². The summed E-state index contributed by atoms with van der Waals surface area (Å²) in [6.07, 6.45) is 6.24. The molecule has 0 aromatic carbocycles. The minimum Gasteiger partial charge on any atom is -0.478 e. The van der Waals surface area contributed by atoms with Crippen LogP contribution in [0.2, 0.25) is 0 Å². The van der Waals surface area contributed by atoms with Gasteiger partial charge in [0.2, 0.25) is 0 Å². The van der Waals surface area contributed by atoms with Crippen molar-refractivity contribution in [2.24, 2.45) is 5.92 Å². The molecule has 1 amide bonds. The van der Waals surface area contributed by atoms with Gasteiger partial charge in [0.15, 0.2) is 0 Å². The topological polar surface area (TPSA) is 105 Å². The molecule has 0 unspecified atom stereocenters. The lowest BCUT2D eigenvalue weighted by Crippen LogP contribution is -2.39. The van der Waals surface area contributed by atoms with Gasteiger partial charge in [-0.05, 0) is 55.9 Å². The fourth-order valence-corrected chi connectivity index (χ4v) is 3.86. The molecule has 1 saturated heterocycles. The summed E-state index contributed by atoms with van der Waals surface area (Å²) >= 11 is 0. The highest BCUT2D eigenvalue weighted by molar-refractivity contribution is 5.89. The number of aromatic carboxylic acids is 1. The molecule has 2 aliphatic rings. The van der Waals surface area contributed by atoms with E-state index in [-0.39, 0.29) is 11.7 Å². The van der Waals surface area contributed by atoms with Crippen molar-refractivity contribution in [3.05, 3.63) is 48.3 Å². The van der Waals surface area contributed by atoms with Crippen molar-refractivity contribution in [2.45, 2.75) is 31.3 Å². The Bertz CT molecular complexity index is 848. The maximum Gasteiger partial charge on any atom is 0.416 e. The molecule has 3 heterocycles. The van der Waals surface area contributed by atoms with E-state index in [1.54, 1.807) is 17.2 Å². The second-order valence-electron chi connectivity index (χ2n) is 7.39. The van der Waals surface area contributed by atoms with Crippen LogP contribution in [0.25, 0.3) is 0 Å². The Morgan fingerprint density at radius 3 is 2.71 bits per heavy atom. The summed E-state index contributed by atoms with van der Waals surface area (Å²) < 4.78 is 5.76. The van der Waals surface area contributed by atoms with Crippen LogP contribution < -0.4 is 10.2 Å². The number of carbonyl (C=O) groups is 2.